The molecule has 1 aromatic carbocycles. The first-order valence-electron chi connectivity index (χ1n) is 4.68. The average Bonchev–Trinajstić information content (AvgIpc) is 2.53. The van der Waals surface area contributed by atoms with Crippen molar-refractivity contribution in [2.75, 3.05) is 0 Å². The molecule has 2 rings (SSSR count). The maximum Gasteiger partial charge on any atom is 0.0108 e. The Morgan fingerprint density at radius 3 is 2.42 bits per heavy atom. The second kappa shape index (κ2) is 3.28. The minimum atomic E-state index is 0.396. The van der Waals surface area contributed by atoms with Crippen molar-refractivity contribution in [3.63, 3.8) is 0 Å². The van der Waals surface area contributed by atoms with Gasteiger partial charge in [-0.2, -0.15) is 0 Å². The lowest BCUT2D eigenvalue weighted by atomic mass is 9.95. The van der Waals surface area contributed by atoms with Gasteiger partial charge in [0.2, 0.25) is 0 Å². The Morgan fingerprint density at radius 1 is 1.08 bits per heavy atom. The second-order valence-electron chi connectivity index (χ2n) is 3.61. The molecule has 2 N–H and O–H groups in total. The third kappa shape index (κ3) is 1.37. The van der Waals surface area contributed by atoms with Gasteiger partial charge in [-0.3, -0.25) is 0 Å². The molecule has 1 saturated carbocycles. The van der Waals surface area contributed by atoms with Gasteiger partial charge in [0.05, 0.1) is 0 Å². The van der Waals surface area contributed by atoms with Gasteiger partial charge < -0.3 is 5.73 Å². The van der Waals surface area contributed by atoms with E-state index in [1.54, 1.807) is 0 Å². The number of hydrogen-bond donors (Lipinski definition) is 1. The molecule has 0 radical (unpaired) electrons. The Kier molecular flexibility index (Phi) is 2.13. The Balaban J connectivity index is 2.19. The maximum absolute atomic E-state index is 6.01. The van der Waals surface area contributed by atoms with Gasteiger partial charge in [0.15, 0.2) is 0 Å². The van der Waals surface area contributed by atoms with Crippen molar-refractivity contribution < 1.29 is 0 Å². The Bertz CT molecular complexity index is 242. The summed E-state index contributed by atoms with van der Waals surface area (Å²) in [4.78, 5) is 0. The summed E-state index contributed by atoms with van der Waals surface area (Å²) in [5.74, 6) is 0.617. The molecule has 1 aromatic rings. The molecule has 0 amide bonds. The average molecular weight is 161 g/mol. The van der Waals surface area contributed by atoms with E-state index in [2.05, 4.69) is 30.3 Å². The molecule has 1 aliphatic carbocycles. The molecule has 0 heterocycles. The number of hydrogen-bond acceptors (Lipinski definition) is 1. The van der Waals surface area contributed by atoms with E-state index in [-0.39, 0.29) is 0 Å². The summed E-state index contributed by atoms with van der Waals surface area (Å²) in [7, 11) is 0. The maximum atomic E-state index is 6.01. The molecule has 0 aromatic heterocycles. The molecule has 1 aliphatic rings. The fourth-order valence-electron chi connectivity index (χ4n) is 2.10. The zero-order valence-corrected chi connectivity index (χ0v) is 7.24. The van der Waals surface area contributed by atoms with E-state index >= 15 is 0 Å². The highest BCUT2D eigenvalue weighted by atomic mass is 14.7. The van der Waals surface area contributed by atoms with Gasteiger partial charge in [0, 0.05) is 6.04 Å². The molecule has 1 heteroatoms. The van der Waals surface area contributed by atoms with E-state index in [4.69, 9.17) is 5.73 Å². The zero-order valence-electron chi connectivity index (χ0n) is 7.24. The van der Waals surface area contributed by atoms with E-state index in [9.17, 15) is 0 Å². The molecule has 12 heavy (non-hydrogen) atoms. The minimum Gasteiger partial charge on any atom is -0.327 e. The Morgan fingerprint density at radius 2 is 1.83 bits per heavy atom. The van der Waals surface area contributed by atoms with Crippen LogP contribution < -0.4 is 5.73 Å². The third-order valence-electron chi connectivity index (χ3n) is 2.80. The highest BCUT2D eigenvalue weighted by molar-refractivity contribution is 5.22. The van der Waals surface area contributed by atoms with Crippen LogP contribution in [0.3, 0.4) is 0 Å². The topological polar surface area (TPSA) is 26.0 Å². The van der Waals surface area contributed by atoms with Crippen molar-refractivity contribution in [2.45, 2.75) is 31.2 Å². The van der Waals surface area contributed by atoms with E-state index in [0.29, 0.717) is 12.0 Å². The van der Waals surface area contributed by atoms with Crippen LogP contribution in [0.4, 0.5) is 0 Å². The highest BCUT2D eigenvalue weighted by Gasteiger charge is 2.24. The van der Waals surface area contributed by atoms with Crippen molar-refractivity contribution in [1.29, 1.82) is 0 Å². The van der Waals surface area contributed by atoms with Gasteiger partial charge in [-0.1, -0.05) is 36.8 Å². The van der Waals surface area contributed by atoms with Crippen LogP contribution >= 0.6 is 0 Å². The molecule has 64 valence electrons. The van der Waals surface area contributed by atoms with Gasteiger partial charge in [-0.15, -0.1) is 0 Å². The van der Waals surface area contributed by atoms with Crippen molar-refractivity contribution in [3.05, 3.63) is 35.9 Å². The summed E-state index contributed by atoms with van der Waals surface area (Å²) in [6, 6.07) is 11.0. The molecule has 0 spiro atoms. The second-order valence-corrected chi connectivity index (χ2v) is 3.61. The van der Waals surface area contributed by atoms with Gasteiger partial charge in [0.25, 0.3) is 0 Å². The fourth-order valence-corrected chi connectivity index (χ4v) is 2.10. The predicted octanol–water partition coefficient (Wildman–Crippen LogP) is 2.28. The highest BCUT2D eigenvalue weighted by Crippen LogP contribution is 2.32. The molecule has 2 atom stereocenters. The van der Waals surface area contributed by atoms with Crippen molar-refractivity contribution >= 4 is 0 Å². The Hall–Kier alpha value is -0.820. The lowest BCUT2D eigenvalue weighted by Gasteiger charge is -2.14. The van der Waals surface area contributed by atoms with Crippen LogP contribution in [0.1, 0.15) is 30.7 Å². The molecule has 1 fully saturated rings. The first-order chi connectivity index (χ1) is 5.88. The van der Waals surface area contributed by atoms with Gasteiger partial charge in [0.1, 0.15) is 0 Å². The molecule has 0 unspecified atom stereocenters. The van der Waals surface area contributed by atoms with Crippen molar-refractivity contribution in [1.82, 2.24) is 0 Å². The van der Waals surface area contributed by atoms with Crippen molar-refractivity contribution in [2.24, 2.45) is 5.73 Å². The number of rotatable bonds is 1. The summed E-state index contributed by atoms with van der Waals surface area (Å²) in [6.45, 7) is 0. The van der Waals surface area contributed by atoms with Gasteiger partial charge >= 0.3 is 0 Å². The molecular formula is C11H15N. The predicted molar refractivity (Wildman–Crippen MR) is 51.0 cm³/mol. The van der Waals surface area contributed by atoms with E-state index in [1.165, 1.54) is 24.8 Å². The monoisotopic (exact) mass is 161 g/mol. The number of nitrogens with two attached hydrogens (primary N) is 1. The van der Waals surface area contributed by atoms with E-state index < -0.39 is 0 Å². The smallest absolute Gasteiger partial charge is 0.0108 e. The summed E-state index contributed by atoms with van der Waals surface area (Å²) in [5.41, 5.74) is 7.43. The summed E-state index contributed by atoms with van der Waals surface area (Å²) in [5, 5.41) is 0. The van der Waals surface area contributed by atoms with Crippen LogP contribution in [0, 0.1) is 0 Å². The van der Waals surface area contributed by atoms with E-state index in [1.807, 2.05) is 0 Å². The first-order valence-corrected chi connectivity index (χ1v) is 4.68. The lowest BCUT2D eigenvalue weighted by Crippen LogP contribution is -2.22. The lowest BCUT2D eigenvalue weighted by molar-refractivity contribution is 0.613. The van der Waals surface area contributed by atoms with E-state index in [0.717, 1.165) is 0 Å². The Labute approximate surface area is 73.6 Å². The van der Waals surface area contributed by atoms with Crippen molar-refractivity contribution in [3.8, 4) is 0 Å². The summed E-state index contributed by atoms with van der Waals surface area (Å²) >= 11 is 0. The fraction of sp³-hybridized carbons (Fsp3) is 0.455. The van der Waals surface area contributed by atoms with Crippen LogP contribution in [0.25, 0.3) is 0 Å². The largest absolute Gasteiger partial charge is 0.327 e. The molecule has 0 bridgehead atoms. The van der Waals surface area contributed by atoms with Crippen LogP contribution in [0.15, 0.2) is 30.3 Å². The zero-order chi connectivity index (χ0) is 8.39. The minimum absolute atomic E-state index is 0.396. The van der Waals surface area contributed by atoms with Crippen LogP contribution in [0.2, 0.25) is 0 Å². The van der Waals surface area contributed by atoms with Gasteiger partial charge in [-0.25, -0.2) is 0 Å². The van der Waals surface area contributed by atoms with Gasteiger partial charge in [-0.05, 0) is 24.3 Å². The molecular weight excluding hydrogens is 146 g/mol. The SMILES string of the molecule is N[C@@H]1CCC[C@@H]1c1ccccc1. The first kappa shape index (κ1) is 7.81. The quantitative estimate of drug-likeness (QED) is 0.672. The molecule has 1 nitrogen and oxygen atoms in total. The summed E-state index contributed by atoms with van der Waals surface area (Å²) in [6.07, 6.45) is 3.76. The molecule has 0 saturated heterocycles. The van der Waals surface area contributed by atoms with Crippen LogP contribution in [-0.4, -0.2) is 6.04 Å². The standard InChI is InChI=1S/C11H15N/c12-11-8-4-7-10(11)9-5-2-1-3-6-9/h1-3,5-6,10-11H,4,7-8,12H2/t10-,11-/m1/s1. The molecule has 0 aliphatic heterocycles. The van der Waals surface area contributed by atoms with Crippen LogP contribution in [0.5, 0.6) is 0 Å². The summed E-state index contributed by atoms with van der Waals surface area (Å²) < 4.78 is 0. The third-order valence-corrected chi connectivity index (χ3v) is 2.80. The van der Waals surface area contributed by atoms with Crippen LogP contribution in [-0.2, 0) is 0 Å². The number of benzene rings is 1. The normalized spacial score (nSPS) is 29.1.